The number of hydrogen-bond acceptors (Lipinski definition) is 4. The van der Waals surface area contributed by atoms with Gasteiger partial charge in [-0.3, -0.25) is 0 Å². The average Bonchev–Trinajstić information content (AvgIpc) is 2.65. The Morgan fingerprint density at radius 2 is 2.29 bits per heavy atom. The summed E-state index contributed by atoms with van der Waals surface area (Å²) in [6, 6.07) is 6.15. The zero-order chi connectivity index (χ0) is 11.9. The Bertz CT molecular complexity index is 335. The van der Waals surface area contributed by atoms with Crippen LogP contribution < -0.4 is 10.2 Å². The molecule has 1 aliphatic rings. The molecular formula is C13H21N3O. The molecule has 94 valence electrons. The third-order valence-corrected chi connectivity index (χ3v) is 2.84. The topological polar surface area (TPSA) is 37.4 Å². The van der Waals surface area contributed by atoms with E-state index in [2.05, 4.69) is 34.3 Å². The monoisotopic (exact) mass is 235 g/mol. The summed E-state index contributed by atoms with van der Waals surface area (Å²) < 4.78 is 5.46. The van der Waals surface area contributed by atoms with E-state index >= 15 is 0 Å². The van der Waals surface area contributed by atoms with Crippen molar-refractivity contribution in [1.82, 2.24) is 4.98 Å². The van der Waals surface area contributed by atoms with Crippen LogP contribution in [0, 0.1) is 0 Å². The third kappa shape index (κ3) is 3.60. The molecule has 1 N–H and O–H groups in total. The van der Waals surface area contributed by atoms with E-state index in [4.69, 9.17) is 4.74 Å². The van der Waals surface area contributed by atoms with E-state index in [0.29, 0.717) is 0 Å². The molecule has 1 saturated heterocycles. The first kappa shape index (κ1) is 12.2. The van der Waals surface area contributed by atoms with Crippen molar-refractivity contribution in [3.8, 4) is 0 Å². The second-order valence-corrected chi connectivity index (χ2v) is 4.26. The van der Waals surface area contributed by atoms with Crippen LogP contribution in [0.15, 0.2) is 18.2 Å². The predicted molar refractivity (Wildman–Crippen MR) is 70.7 cm³/mol. The fraction of sp³-hybridized carbons (Fsp3) is 0.615. The summed E-state index contributed by atoms with van der Waals surface area (Å²) in [7, 11) is 0. The summed E-state index contributed by atoms with van der Waals surface area (Å²) in [5.41, 5.74) is 0. The van der Waals surface area contributed by atoms with Crippen molar-refractivity contribution in [3.63, 3.8) is 0 Å². The zero-order valence-electron chi connectivity index (χ0n) is 10.5. The number of aromatic nitrogens is 1. The molecule has 2 rings (SSSR count). The van der Waals surface area contributed by atoms with Gasteiger partial charge in [-0.05, 0) is 25.0 Å². The molecule has 1 aliphatic heterocycles. The Balaban J connectivity index is 2.03. The molecule has 0 aromatic carbocycles. The molecule has 17 heavy (non-hydrogen) atoms. The van der Waals surface area contributed by atoms with Crippen molar-refractivity contribution in [2.45, 2.75) is 19.8 Å². The third-order valence-electron chi connectivity index (χ3n) is 2.84. The van der Waals surface area contributed by atoms with Gasteiger partial charge in [0.25, 0.3) is 0 Å². The van der Waals surface area contributed by atoms with E-state index in [1.165, 1.54) is 0 Å². The highest BCUT2D eigenvalue weighted by Gasteiger charge is 2.11. The Morgan fingerprint density at radius 3 is 3.18 bits per heavy atom. The minimum atomic E-state index is 0.800. The van der Waals surface area contributed by atoms with Crippen molar-refractivity contribution in [3.05, 3.63) is 18.2 Å². The number of nitrogens with zero attached hydrogens (tertiary/aromatic N) is 2. The summed E-state index contributed by atoms with van der Waals surface area (Å²) in [6.07, 6.45) is 2.19. The van der Waals surface area contributed by atoms with Crippen molar-refractivity contribution >= 4 is 11.6 Å². The smallest absolute Gasteiger partial charge is 0.131 e. The van der Waals surface area contributed by atoms with Gasteiger partial charge in [-0.1, -0.05) is 13.0 Å². The molecule has 1 aromatic heterocycles. The molecule has 0 spiro atoms. The molecule has 1 aromatic rings. The summed E-state index contributed by atoms with van der Waals surface area (Å²) in [5, 5.41) is 3.32. The molecule has 0 amide bonds. The Morgan fingerprint density at radius 1 is 1.35 bits per heavy atom. The number of hydrogen-bond donors (Lipinski definition) is 1. The van der Waals surface area contributed by atoms with Gasteiger partial charge in [0.2, 0.25) is 0 Å². The van der Waals surface area contributed by atoms with E-state index < -0.39 is 0 Å². The largest absolute Gasteiger partial charge is 0.380 e. The molecule has 0 bridgehead atoms. The van der Waals surface area contributed by atoms with Gasteiger partial charge in [0.05, 0.1) is 6.61 Å². The minimum Gasteiger partial charge on any atom is -0.380 e. The molecule has 0 radical (unpaired) electrons. The van der Waals surface area contributed by atoms with Crippen LogP contribution in [-0.2, 0) is 4.74 Å². The molecule has 0 unspecified atom stereocenters. The number of anilines is 2. The quantitative estimate of drug-likeness (QED) is 0.867. The first-order valence-electron chi connectivity index (χ1n) is 6.44. The number of rotatable bonds is 4. The zero-order valence-corrected chi connectivity index (χ0v) is 10.5. The molecule has 4 nitrogen and oxygen atoms in total. The van der Waals surface area contributed by atoms with Gasteiger partial charge in [0.1, 0.15) is 11.6 Å². The van der Waals surface area contributed by atoms with Crippen LogP contribution in [0.25, 0.3) is 0 Å². The van der Waals surface area contributed by atoms with Crippen LogP contribution in [0.2, 0.25) is 0 Å². The summed E-state index contributed by atoms with van der Waals surface area (Å²) in [5.74, 6) is 2.02. The minimum absolute atomic E-state index is 0.800. The number of nitrogens with one attached hydrogen (secondary N) is 1. The second-order valence-electron chi connectivity index (χ2n) is 4.26. The van der Waals surface area contributed by atoms with E-state index in [1.54, 1.807) is 0 Å². The van der Waals surface area contributed by atoms with Gasteiger partial charge < -0.3 is 15.0 Å². The average molecular weight is 235 g/mol. The second kappa shape index (κ2) is 6.45. The summed E-state index contributed by atoms with van der Waals surface area (Å²) in [6.45, 7) is 6.76. The van der Waals surface area contributed by atoms with E-state index in [1.807, 2.05) is 6.07 Å². The first-order valence-corrected chi connectivity index (χ1v) is 6.44. The van der Waals surface area contributed by atoms with Crippen molar-refractivity contribution < 1.29 is 4.74 Å². The molecule has 2 heterocycles. The predicted octanol–water partition coefficient (Wildman–Crippen LogP) is 2.13. The maximum Gasteiger partial charge on any atom is 0.131 e. The lowest BCUT2D eigenvalue weighted by Crippen LogP contribution is -2.26. The van der Waals surface area contributed by atoms with Gasteiger partial charge in [0, 0.05) is 26.2 Å². The molecule has 4 heteroatoms. The van der Waals surface area contributed by atoms with Crippen molar-refractivity contribution in [2.75, 3.05) is 43.1 Å². The van der Waals surface area contributed by atoms with Crippen molar-refractivity contribution in [2.24, 2.45) is 0 Å². The fourth-order valence-electron chi connectivity index (χ4n) is 1.93. The summed E-state index contributed by atoms with van der Waals surface area (Å²) in [4.78, 5) is 6.93. The van der Waals surface area contributed by atoms with Crippen LogP contribution in [0.5, 0.6) is 0 Å². The molecule has 1 fully saturated rings. The Hall–Kier alpha value is -1.29. The van der Waals surface area contributed by atoms with Gasteiger partial charge in [-0.25, -0.2) is 4.98 Å². The van der Waals surface area contributed by atoms with Gasteiger partial charge in [-0.15, -0.1) is 0 Å². The van der Waals surface area contributed by atoms with Crippen LogP contribution in [0.1, 0.15) is 19.8 Å². The SMILES string of the molecule is CCCNc1cccc(N2CCCOCC2)n1. The molecule has 0 saturated carbocycles. The van der Waals surface area contributed by atoms with Crippen LogP contribution in [0.3, 0.4) is 0 Å². The Labute approximate surface area is 103 Å². The van der Waals surface area contributed by atoms with Gasteiger partial charge >= 0.3 is 0 Å². The maximum atomic E-state index is 5.46. The molecular weight excluding hydrogens is 214 g/mol. The number of pyridine rings is 1. The highest BCUT2D eigenvalue weighted by atomic mass is 16.5. The fourth-order valence-corrected chi connectivity index (χ4v) is 1.93. The van der Waals surface area contributed by atoms with Gasteiger partial charge in [-0.2, -0.15) is 0 Å². The first-order chi connectivity index (χ1) is 8.40. The highest BCUT2D eigenvalue weighted by molar-refractivity contribution is 5.47. The van der Waals surface area contributed by atoms with E-state index in [-0.39, 0.29) is 0 Å². The standard InChI is InChI=1S/C13H21N3O/c1-2-7-14-12-5-3-6-13(15-12)16-8-4-10-17-11-9-16/h3,5-6H,2,4,7-11H2,1H3,(H,14,15). The summed E-state index contributed by atoms with van der Waals surface area (Å²) >= 11 is 0. The lowest BCUT2D eigenvalue weighted by molar-refractivity contribution is 0.152. The van der Waals surface area contributed by atoms with Crippen LogP contribution in [0.4, 0.5) is 11.6 Å². The van der Waals surface area contributed by atoms with Crippen molar-refractivity contribution in [1.29, 1.82) is 0 Å². The highest BCUT2D eigenvalue weighted by Crippen LogP contribution is 2.15. The van der Waals surface area contributed by atoms with E-state index in [0.717, 1.165) is 57.3 Å². The lowest BCUT2D eigenvalue weighted by atomic mass is 10.3. The number of ether oxygens (including phenoxy) is 1. The van der Waals surface area contributed by atoms with Crippen LogP contribution in [-0.4, -0.2) is 37.8 Å². The van der Waals surface area contributed by atoms with E-state index in [9.17, 15) is 0 Å². The normalized spacial score (nSPS) is 16.6. The van der Waals surface area contributed by atoms with Crippen LogP contribution >= 0.6 is 0 Å². The lowest BCUT2D eigenvalue weighted by Gasteiger charge is -2.21. The Kier molecular flexibility index (Phi) is 4.62. The molecule has 0 aliphatic carbocycles. The molecule has 0 atom stereocenters. The maximum absolute atomic E-state index is 5.46. The van der Waals surface area contributed by atoms with Gasteiger partial charge in [0.15, 0.2) is 0 Å².